The summed E-state index contributed by atoms with van der Waals surface area (Å²) in [5.41, 5.74) is 3.76. The first-order valence-electron chi connectivity index (χ1n) is 8.51. The predicted molar refractivity (Wildman–Crippen MR) is 103 cm³/mol. The Morgan fingerprint density at radius 2 is 1.44 bits per heavy atom. The SMILES string of the molecule is CC(=O)c1ccc(NC(=O)CCNc2ccc(C(C)(C)C)cc2)cc1. The maximum Gasteiger partial charge on any atom is 0.226 e. The third-order valence-corrected chi connectivity index (χ3v) is 4.01. The van der Waals surface area contributed by atoms with Gasteiger partial charge in [0.05, 0.1) is 0 Å². The van der Waals surface area contributed by atoms with Gasteiger partial charge in [-0.15, -0.1) is 0 Å². The summed E-state index contributed by atoms with van der Waals surface area (Å²) >= 11 is 0. The molecule has 0 bridgehead atoms. The van der Waals surface area contributed by atoms with Gasteiger partial charge in [0, 0.05) is 29.9 Å². The summed E-state index contributed by atoms with van der Waals surface area (Å²) in [7, 11) is 0. The summed E-state index contributed by atoms with van der Waals surface area (Å²) < 4.78 is 0. The zero-order valence-corrected chi connectivity index (χ0v) is 15.3. The fraction of sp³-hybridized carbons (Fsp3) is 0.333. The molecule has 132 valence electrons. The van der Waals surface area contributed by atoms with Crippen LogP contribution in [-0.4, -0.2) is 18.2 Å². The lowest BCUT2D eigenvalue weighted by molar-refractivity contribution is -0.115. The van der Waals surface area contributed by atoms with Crippen molar-refractivity contribution in [3.8, 4) is 0 Å². The van der Waals surface area contributed by atoms with Gasteiger partial charge < -0.3 is 10.6 Å². The van der Waals surface area contributed by atoms with Crippen molar-refractivity contribution in [3.63, 3.8) is 0 Å². The Hall–Kier alpha value is -2.62. The number of Topliss-reactive ketones (excluding diaryl/α,β-unsaturated/α-hetero) is 1. The van der Waals surface area contributed by atoms with Crippen molar-refractivity contribution in [2.75, 3.05) is 17.2 Å². The van der Waals surface area contributed by atoms with E-state index in [-0.39, 0.29) is 17.1 Å². The molecule has 25 heavy (non-hydrogen) atoms. The quantitative estimate of drug-likeness (QED) is 0.755. The van der Waals surface area contributed by atoms with E-state index in [1.807, 2.05) is 12.1 Å². The molecule has 0 unspecified atom stereocenters. The molecule has 2 aromatic carbocycles. The molecule has 4 nitrogen and oxygen atoms in total. The van der Waals surface area contributed by atoms with Crippen molar-refractivity contribution < 1.29 is 9.59 Å². The molecule has 0 saturated heterocycles. The van der Waals surface area contributed by atoms with Crippen molar-refractivity contribution in [1.29, 1.82) is 0 Å². The summed E-state index contributed by atoms with van der Waals surface area (Å²) in [5, 5.41) is 6.09. The van der Waals surface area contributed by atoms with E-state index in [0.29, 0.717) is 24.2 Å². The van der Waals surface area contributed by atoms with Gasteiger partial charge in [-0.05, 0) is 54.3 Å². The van der Waals surface area contributed by atoms with E-state index in [0.717, 1.165) is 5.69 Å². The number of anilines is 2. The van der Waals surface area contributed by atoms with Gasteiger partial charge in [-0.2, -0.15) is 0 Å². The largest absolute Gasteiger partial charge is 0.385 e. The first-order valence-corrected chi connectivity index (χ1v) is 8.51. The Bertz CT molecular complexity index is 726. The van der Waals surface area contributed by atoms with Crippen LogP contribution in [0.3, 0.4) is 0 Å². The highest BCUT2D eigenvalue weighted by Gasteiger charge is 2.12. The minimum Gasteiger partial charge on any atom is -0.385 e. The van der Waals surface area contributed by atoms with Crippen LogP contribution in [0.5, 0.6) is 0 Å². The monoisotopic (exact) mass is 338 g/mol. The molecule has 0 atom stereocenters. The van der Waals surface area contributed by atoms with Crippen molar-refractivity contribution in [3.05, 3.63) is 59.7 Å². The van der Waals surface area contributed by atoms with Gasteiger partial charge in [0.1, 0.15) is 0 Å². The van der Waals surface area contributed by atoms with E-state index in [9.17, 15) is 9.59 Å². The molecule has 0 heterocycles. The third-order valence-electron chi connectivity index (χ3n) is 4.01. The molecule has 0 aliphatic heterocycles. The highest BCUT2D eigenvalue weighted by atomic mass is 16.1. The number of hydrogen-bond acceptors (Lipinski definition) is 3. The van der Waals surface area contributed by atoms with Gasteiger partial charge in [0.25, 0.3) is 0 Å². The van der Waals surface area contributed by atoms with Crippen LogP contribution < -0.4 is 10.6 Å². The number of carbonyl (C=O) groups excluding carboxylic acids is 2. The number of hydrogen-bond donors (Lipinski definition) is 2. The maximum atomic E-state index is 12.0. The second kappa shape index (κ2) is 7.97. The Morgan fingerprint density at radius 1 is 0.880 bits per heavy atom. The van der Waals surface area contributed by atoms with Gasteiger partial charge in [-0.1, -0.05) is 32.9 Å². The molecule has 0 aliphatic carbocycles. The summed E-state index contributed by atoms with van der Waals surface area (Å²) in [6.45, 7) is 8.63. The van der Waals surface area contributed by atoms with Crippen LogP contribution in [0.4, 0.5) is 11.4 Å². The van der Waals surface area contributed by atoms with Crippen molar-refractivity contribution in [2.45, 2.75) is 39.5 Å². The van der Waals surface area contributed by atoms with Crippen LogP contribution in [0.25, 0.3) is 0 Å². The van der Waals surface area contributed by atoms with Crippen LogP contribution in [0.15, 0.2) is 48.5 Å². The Labute approximate surface area is 149 Å². The van der Waals surface area contributed by atoms with E-state index < -0.39 is 0 Å². The Kier molecular flexibility index (Phi) is 5.97. The molecule has 1 amide bonds. The van der Waals surface area contributed by atoms with Crippen molar-refractivity contribution in [2.24, 2.45) is 0 Å². The molecule has 0 aliphatic rings. The Morgan fingerprint density at radius 3 is 1.96 bits per heavy atom. The first-order chi connectivity index (χ1) is 11.8. The van der Waals surface area contributed by atoms with E-state index in [4.69, 9.17) is 0 Å². The average Bonchev–Trinajstić information content (AvgIpc) is 2.55. The summed E-state index contributed by atoms with van der Waals surface area (Å²) in [5.74, 6) is -0.0473. The van der Waals surface area contributed by atoms with Gasteiger partial charge in [0.15, 0.2) is 5.78 Å². The summed E-state index contributed by atoms with van der Waals surface area (Å²) in [4.78, 5) is 23.2. The molecule has 0 spiro atoms. The van der Waals surface area contributed by atoms with Gasteiger partial charge >= 0.3 is 0 Å². The molecular formula is C21H26N2O2. The zero-order valence-electron chi connectivity index (χ0n) is 15.3. The lowest BCUT2D eigenvalue weighted by Crippen LogP contribution is -2.16. The molecule has 0 fully saturated rings. The van der Waals surface area contributed by atoms with Gasteiger partial charge in [0.2, 0.25) is 5.91 Å². The van der Waals surface area contributed by atoms with Gasteiger partial charge in [-0.3, -0.25) is 9.59 Å². The standard InChI is InChI=1S/C21H26N2O2/c1-15(24)16-5-9-19(10-6-16)23-20(25)13-14-22-18-11-7-17(8-12-18)21(2,3)4/h5-12,22H,13-14H2,1-4H3,(H,23,25). The third kappa shape index (κ3) is 5.75. The predicted octanol–water partition coefficient (Wildman–Crippen LogP) is 4.63. The summed E-state index contributed by atoms with van der Waals surface area (Å²) in [6, 6.07) is 15.2. The van der Waals surface area contributed by atoms with Crippen LogP contribution in [0.1, 0.15) is 50.0 Å². The number of rotatable bonds is 6. The lowest BCUT2D eigenvalue weighted by atomic mass is 9.87. The first kappa shape index (κ1) is 18.7. The number of ketones is 1. The molecular weight excluding hydrogens is 312 g/mol. The highest BCUT2D eigenvalue weighted by molar-refractivity contribution is 5.95. The molecule has 2 N–H and O–H groups in total. The lowest BCUT2D eigenvalue weighted by Gasteiger charge is -2.19. The maximum absolute atomic E-state index is 12.0. The van der Waals surface area contributed by atoms with E-state index in [2.05, 4.69) is 43.5 Å². The topological polar surface area (TPSA) is 58.2 Å². The number of amides is 1. The molecule has 0 radical (unpaired) electrons. The van der Waals surface area contributed by atoms with Crippen molar-refractivity contribution >= 4 is 23.1 Å². The number of nitrogens with one attached hydrogen (secondary N) is 2. The molecule has 2 rings (SSSR count). The fourth-order valence-corrected chi connectivity index (χ4v) is 2.42. The van der Waals surface area contributed by atoms with E-state index >= 15 is 0 Å². The van der Waals surface area contributed by atoms with E-state index in [1.165, 1.54) is 12.5 Å². The number of carbonyl (C=O) groups is 2. The fourth-order valence-electron chi connectivity index (χ4n) is 2.42. The molecule has 2 aromatic rings. The smallest absolute Gasteiger partial charge is 0.226 e. The minimum absolute atomic E-state index is 0.0135. The zero-order chi connectivity index (χ0) is 18.4. The van der Waals surface area contributed by atoms with E-state index in [1.54, 1.807) is 24.3 Å². The number of benzene rings is 2. The van der Waals surface area contributed by atoms with Crippen LogP contribution in [-0.2, 0) is 10.2 Å². The average molecular weight is 338 g/mol. The van der Waals surface area contributed by atoms with Gasteiger partial charge in [-0.25, -0.2) is 0 Å². The van der Waals surface area contributed by atoms with Crippen LogP contribution in [0, 0.1) is 0 Å². The minimum atomic E-state index is -0.0608. The Balaban J connectivity index is 1.79. The van der Waals surface area contributed by atoms with Crippen LogP contribution in [0.2, 0.25) is 0 Å². The van der Waals surface area contributed by atoms with Crippen molar-refractivity contribution in [1.82, 2.24) is 0 Å². The second-order valence-corrected chi connectivity index (χ2v) is 7.19. The highest BCUT2D eigenvalue weighted by Crippen LogP contribution is 2.23. The molecule has 0 aromatic heterocycles. The molecule has 0 saturated carbocycles. The van der Waals surface area contributed by atoms with Crippen LogP contribution >= 0.6 is 0 Å². The second-order valence-electron chi connectivity index (χ2n) is 7.19. The molecule has 4 heteroatoms. The normalized spacial score (nSPS) is 11.0. The summed E-state index contributed by atoms with van der Waals surface area (Å²) in [6.07, 6.45) is 0.371.